The van der Waals surface area contributed by atoms with Crippen LogP contribution in [-0.2, 0) is 16.0 Å². The molecule has 0 aliphatic carbocycles. The Morgan fingerprint density at radius 1 is 0.957 bits per heavy atom. The third kappa shape index (κ3) is 8.48. The van der Waals surface area contributed by atoms with E-state index in [-0.39, 0.29) is 40.4 Å². The van der Waals surface area contributed by atoms with Crippen molar-refractivity contribution in [1.29, 1.82) is 0 Å². The number of carbonyl (C=O) groups excluding carboxylic acids is 2. The summed E-state index contributed by atoms with van der Waals surface area (Å²) in [5.74, 6) is -1.55. The number of alkyl halides is 6. The zero-order valence-electron chi connectivity index (χ0n) is 22.9. The van der Waals surface area contributed by atoms with Gasteiger partial charge in [-0.3, -0.25) is 9.69 Å². The van der Waals surface area contributed by atoms with Crippen LogP contribution < -0.4 is 14.4 Å². The largest absolute Gasteiger partial charge is 0.573 e. The smallest absolute Gasteiger partial charge is 0.448 e. The van der Waals surface area contributed by atoms with E-state index in [2.05, 4.69) is 24.5 Å². The first-order valence-electron chi connectivity index (χ1n) is 12.9. The number of halogens is 7. The van der Waals surface area contributed by atoms with Crippen LogP contribution in [0.4, 0.5) is 36.8 Å². The van der Waals surface area contributed by atoms with E-state index in [9.17, 15) is 35.9 Å². The maximum Gasteiger partial charge on any atom is 0.573 e. The van der Waals surface area contributed by atoms with Crippen LogP contribution in [0.2, 0.25) is 5.02 Å². The molecule has 0 unspecified atom stereocenters. The van der Waals surface area contributed by atoms with Crippen LogP contribution in [-0.4, -0.2) is 57.0 Å². The molecule has 18 heteroatoms. The lowest BCUT2D eigenvalue weighted by Gasteiger charge is -2.20. The van der Waals surface area contributed by atoms with Gasteiger partial charge >= 0.3 is 18.8 Å². The molecule has 3 aromatic carbocycles. The minimum atomic E-state index is -5.04. The van der Waals surface area contributed by atoms with Crippen LogP contribution in [0.1, 0.15) is 5.56 Å². The van der Waals surface area contributed by atoms with Crippen LogP contribution in [0.3, 0.4) is 0 Å². The Morgan fingerprint density at radius 3 is 2.33 bits per heavy atom. The maximum atomic E-state index is 12.9. The molecule has 0 atom stereocenters. The Hall–Kier alpha value is -4.77. The van der Waals surface area contributed by atoms with E-state index >= 15 is 0 Å². The summed E-state index contributed by atoms with van der Waals surface area (Å²) in [7, 11) is 0. The molecule has 1 saturated heterocycles. The number of amidine groups is 1. The molecule has 1 aliphatic heterocycles. The van der Waals surface area contributed by atoms with Gasteiger partial charge in [-0.1, -0.05) is 47.6 Å². The number of anilines is 1. The highest BCUT2D eigenvalue weighted by molar-refractivity contribution is 8.15. The first-order chi connectivity index (χ1) is 21.7. The Labute approximate surface area is 264 Å². The van der Waals surface area contributed by atoms with Gasteiger partial charge in [0.25, 0.3) is 0 Å². The van der Waals surface area contributed by atoms with Crippen molar-refractivity contribution in [3.63, 3.8) is 0 Å². The van der Waals surface area contributed by atoms with Gasteiger partial charge in [-0.2, -0.15) is 4.99 Å². The van der Waals surface area contributed by atoms with Crippen molar-refractivity contribution >= 4 is 46.2 Å². The number of rotatable bonds is 8. The fourth-order valence-electron chi connectivity index (χ4n) is 4.07. The molecule has 4 aromatic rings. The van der Waals surface area contributed by atoms with Gasteiger partial charge in [0, 0.05) is 17.0 Å². The van der Waals surface area contributed by atoms with Crippen LogP contribution in [0, 0.1) is 0 Å². The molecule has 240 valence electrons. The summed E-state index contributed by atoms with van der Waals surface area (Å²) in [6, 6.07) is 15.2. The monoisotopic (exact) mass is 685 g/mol. The Kier molecular flexibility index (Phi) is 9.43. The molecule has 1 fully saturated rings. The molecular formula is C28H18ClF6N5O5S. The predicted octanol–water partition coefficient (Wildman–Crippen LogP) is 7.20. The molecule has 1 aromatic heterocycles. The van der Waals surface area contributed by atoms with E-state index in [1.54, 1.807) is 24.3 Å². The third-order valence-electron chi connectivity index (χ3n) is 6.00. The van der Waals surface area contributed by atoms with Gasteiger partial charge in [0.15, 0.2) is 16.7 Å². The molecule has 1 aliphatic rings. The number of hydrogen-bond donors (Lipinski definition) is 0. The van der Waals surface area contributed by atoms with Gasteiger partial charge in [-0.05, 0) is 48.0 Å². The number of hydrogen-bond acceptors (Lipinski definition) is 8. The third-order valence-corrected chi connectivity index (χ3v) is 7.15. The van der Waals surface area contributed by atoms with E-state index in [1.165, 1.54) is 23.1 Å². The highest BCUT2D eigenvalue weighted by atomic mass is 35.5. The topological polar surface area (TPSA) is 108 Å². The van der Waals surface area contributed by atoms with Crippen LogP contribution in [0.15, 0.2) is 78.0 Å². The lowest BCUT2D eigenvalue weighted by molar-refractivity contribution is -0.275. The quantitative estimate of drug-likeness (QED) is 0.179. The van der Waals surface area contributed by atoms with Gasteiger partial charge in [0.05, 0.1) is 23.7 Å². The number of thioether (sulfide) groups is 1. The zero-order chi connectivity index (χ0) is 33.1. The van der Waals surface area contributed by atoms with Gasteiger partial charge in [-0.15, -0.1) is 31.4 Å². The summed E-state index contributed by atoms with van der Waals surface area (Å²) in [4.78, 5) is 33.7. The molecular weight excluding hydrogens is 668 g/mol. The second-order valence-electron chi connectivity index (χ2n) is 9.19. The molecule has 2 amide bonds. The summed E-state index contributed by atoms with van der Waals surface area (Å²) in [6.45, 7) is -0.103. The van der Waals surface area contributed by atoms with Crippen LogP contribution in [0.5, 0.6) is 11.5 Å². The van der Waals surface area contributed by atoms with Crippen LogP contribution >= 0.6 is 23.4 Å². The van der Waals surface area contributed by atoms with Crippen molar-refractivity contribution in [2.45, 2.75) is 19.1 Å². The van der Waals surface area contributed by atoms with Gasteiger partial charge in [0.1, 0.15) is 12.1 Å². The molecule has 10 nitrogen and oxygen atoms in total. The normalized spacial score (nSPS) is 14.5. The van der Waals surface area contributed by atoms with Crippen molar-refractivity contribution in [3.05, 3.63) is 83.6 Å². The van der Waals surface area contributed by atoms with E-state index in [0.717, 1.165) is 52.6 Å². The van der Waals surface area contributed by atoms with Crippen molar-refractivity contribution < 1.29 is 50.1 Å². The summed E-state index contributed by atoms with van der Waals surface area (Å²) < 4.78 is 90.3. The molecule has 0 bridgehead atoms. The van der Waals surface area contributed by atoms with E-state index in [4.69, 9.17) is 16.3 Å². The molecule has 0 saturated carbocycles. The molecule has 0 N–H and O–H groups in total. The van der Waals surface area contributed by atoms with E-state index < -0.39 is 30.5 Å². The van der Waals surface area contributed by atoms with Gasteiger partial charge in [-0.25, -0.2) is 14.5 Å². The Balaban J connectivity index is 1.18. The standard InChI is InChI=1S/C28H18ClF6N5O5S/c29-18-5-10-22(45-28(33,34)35)21(13-18)40-23(41)14-46-25(40)37-26(42)43-12-11-16-1-3-17(4-2-16)24-36-15-39(38-24)19-6-8-20(9-7-19)44-27(30,31)32/h1-10,13,15H,11-12,14H2. The van der Waals surface area contributed by atoms with Crippen molar-refractivity contribution in [1.82, 2.24) is 14.8 Å². The summed E-state index contributed by atoms with van der Waals surface area (Å²) in [6.07, 6.45) is -9.23. The lowest BCUT2D eigenvalue weighted by Crippen LogP contribution is -2.31. The van der Waals surface area contributed by atoms with Gasteiger partial charge < -0.3 is 14.2 Å². The second-order valence-corrected chi connectivity index (χ2v) is 10.6. The first-order valence-corrected chi connectivity index (χ1v) is 14.2. The first kappa shape index (κ1) is 32.6. The lowest BCUT2D eigenvalue weighted by atomic mass is 10.1. The fourth-order valence-corrected chi connectivity index (χ4v) is 5.08. The van der Waals surface area contributed by atoms with Crippen molar-refractivity contribution in [3.8, 4) is 28.6 Å². The highest BCUT2D eigenvalue weighted by Gasteiger charge is 2.37. The number of benzene rings is 3. The molecule has 0 radical (unpaired) electrons. The number of amides is 2. The number of carbonyl (C=O) groups is 2. The second kappa shape index (κ2) is 13.3. The average molecular weight is 686 g/mol. The van der Waals surface area contributed by atoms with Crippen LogP contribution in [0.25, 0.3) is 17.1 Å². The number of aromatic nitrogens is 3. The Morgan fingerprint density at radius 2 is 1.65 bits per heavy atom. The summed E-state index contributed by atoms with van der Waals surface area (Å²) in [5, 5.41) is 4.16. The number of aliphatic imine (C=N–C) groups is 1. The zero-order valence-corrected chi connectivity index (χ0v) is 24.5. The molecule has 2 heterocycles. The maximum absolute atomic E-state index is 12.9. The molecule has 46 heavy (non-hydrogen) atoms. The number of nitrogens with zero attached hydrogens (tertiary/aromatic N) is 5. The predicted molar refractivity (Wildman–Crippen MR) is 154 cm³/mol. The van der Waals surface area contributed by atoms with Crippen molar-refractivity contribution in [2.75, 3.05) is 17.3 Å². The van der Waals surface area contributed by atoms with Gasteiger partial charge in [0.2, 0.25) is 5.91 Å². The molecule has 0 spiro atoms. The number of ether oxygens (including phenoxy) is 3. The minimum Gasteiger partial charge on any atom is -0.448 e. The average Bonchev–Trinajstić information content (AvgIpc) is 3.60. The summed E-state index contributed by atoms with van der Waals surface area (Å²) >= 11 is 6.76. The highest BCUT2D eigenvalue weighted by Crippen LogP contribution is 2.39. The van der Waals surface area contributed by atoms with Crippen molar-refractivity contribution in [2.24, 2.45) is 4.99 Å². The van der Waals surface area contributed by atoms with E-state index in [1.807, 2.05) is 0 Å². The molecule has 5 rings (SSSR count). The van der Waals surface area contributed by atoms with E-state index in [0.29, 0.717) is 17.1 Å². The SMILES string of the molecule is O=C(N=C1SCC(=O)N1c1cc(Cl)ccc1OC(F)(F)F)OCCc1ccc(-c2ncn(-c3ccc(OC(F)(F)F)cc3)n2)cc1. The Bertz CT molecular complexity index is 1760. The summed E-state index contributed by atoms with van der Waals surface area (Å²) in [5.41, 5.74) is 1.53. The minimum absolute atomic E-state index is 0.0273. The fraction of sp³-hybridized carbons (Fsp3) is 0.179.